The molecule has 3 nitrogen and oxygen atoms in total. The molecular weight excluding hydrogens is 304 g/mol. The highest BCUT2D eigenvalue weighted by Crippen LogP contribution is 2.26. The molecule has 3 atom stereocenters. The van der Waals surface area contributed by atoms with Gasteiger partial charge in [-0.15, -0.1) is 24.2 Å². The largest absolute Gasteiger partial charge is 0.339 e. The molecule has 1 fully saturated rings. The number of carbonyl (C=O) groups is 1. The summed E-state index contributed by atoms with van der Waals surface area (Å²) in [6, 6.07) is 10.6. The van der Waals surface area contributed by atoms with Crippen LogP contribution in [0.1, 0.15) is 25.8 Å². The topological polar surface area (TPSA) is 46.3 Å². The predicted octanol–water partition coefficient (Wildman–Crippen LogP) is 2.93. The lowest BCUT2D eigenvalue weighted by Gasteiger charge is -2.25. The minimum Gasteiger partial charge on any atom is -0.339 e. The molecular formula is C16H25ClN2OS. The molecule has 2 rings (SSSR count). The van der Waals surface area contributed by atoms with Crippen molar-refractivity contribution < 1.29 is 4.79 Å². The Bertz CT molecular complexity index is 443. The third kappa shape index (κ3) is 4.90. The molecule has 0 radical (unpaired) electrons. The van der Waals surface area contributed by atoms with Crippen molar-refractivity contribution in [2.45, 2.75) is 37.3 Å². The van der Waals surface area contributed by atoms with E-state index in [0.29, 0.717) is 18.5 Å². The summed E-state index contributed by atoms with van der Waals surface area (Å²) in [5.74, 6) is 1.62. The second-order valence-electron chi connectivity index (χ2n) is 5.62. The van der Waals surface area contributed by atoms with Crippen LogP contribution in [0.25, 0.3) is 0 Å². The van der Waals surface area contributed by atoms with Crippen molar-refractivity contribution in [3.8, 4) is 0 Å². The maximum Gasteiger partial charge on any atom is 0.235 e. The van der Waals surface area contributed by atoms with Gasteiger partial charge in [-0.3, -0.25) is 4.79 Å². The van der Waals surface area contributed by atoms with Gasteiger partial charge < -0.3 is 10.6 Å². The number of hydrogen-bond donors (Lipinski definition) is 1. The number of likely N-dealkylation sites (tertiary alicyclic amines) is 1. The van der Waals surface area contributed by atoms with E-state index in [1.165, 1.54) is 5.56 Å². The Labute approximate surface area is 138 Å². The molecule has 1 aliphatic heterocycles. The maximum atomic E-state index is 12.5. The standard InChI is InChI=1S/C16H24N2OS.ClH/c1-12-8-15(9-17)10-18(12)16(19)13(2)20-11-14-6-4-3-5-7-14;/h3-7,12-13,15H,8-11,17H2,1-2H3;1H. The minimum atomic E-state index is 0. The average molecular weight is 329 g/mol. The number of halogens is 1. The van der Waals surface area contributed by atoms with Crippen LogP contribution in [0.2, 0.25) is 0 Å². The van der Waals surface area contributed by atoms with Gasteiger partial charge in [-0.2, -0.15) is 0 Å². The lowest BCUT2D eigenvalue weighted by atomic mass is 10.1. The van der Waals surface area contributed by atoms with Gasteiger partial charge in [-0.25, -0.2) is 0 Å². The number of hydrogen-bond acceptors (Lipinski definition) is 3. The fraction of sp³-hybridized carbons (Fsp3) is 0.562. The molecule has 3 unspecified atom stereocenters. The first kappa shape index (κ1) is 18.3. The van der Waals surface area contributed by atoms with Crippen molar-refractivity contribution in [2.24, 2.45) is 11.7 Å². The Morgan fingerprint density at radius 1 is 1.43 bits per heavy atom. The second-order valence-corrected chi connectivity index (χ2v) is 6.94. The summed E-state index contributed by atoms with van der Waals surface area (Å²) >= 11 is 1.71. The van der Waals surface area contributed by atoms with Crippen molar-refractivity contribution in [1.82, 2.24) is 4.90 Å². The minimum absolute atomic E-state index is 0. The van der Waals surface area contributed by atoms with Crippen LogP contribution in [-0.4, -0.2) is 35.2 Å². The van der Waals surface area contributed by atoms with Gasteiger partial charge in [-0.1, -0.05) is 30.3 Å². The Balaban J connectivity index is 0.00000220. The second kappa shape index (κ2) is 8.66. The highest BCUT2D eigenvalue weighted by Gasteiger charge is 2.33. The van der Waals surface area contributed by atoms with E-state index in [0.717, 1.165) is 18.7 Å². The van der Waals surface area contributed by atoms with Crippen molar-refractivity contribution >= 4 is 30.1 Å². The molecule has 2 N–H and O–H groups in total. The number of nitrogens with zero attached hydrogens (tertiary/aromatic N) is 1. The molecule has 0 spiro atoms. The van der Waals surface area contributed by atoms with Crippen molar-refractivity contribution in [3.63, 3.8) is 0 Å². The molecule has 0 bridgehead atoms. The van der Waals surface area contributed by atoms with Crippen LogP contribution in [0.3, 0.4) is 0 Å². The zero-order valence-corrected chi connectivity index (χ0v) is 14.3. The number of amides is 1. The van der Waals surface area contributed by atoms with Crippen molar-refractivity contribution in [1.29, 1.82) is 0 Å². The molecule has 1 saturated heterocycles. The Morgan fingerprint density at radius 2 is 2.10 bits per heavy atom. The number of benzene rings is 1. The van der Waals surface area contributed by atoms with Crippen LogP contribution in [0.15, 0.2) is 30.3 Å². The number of rotatable bonds is 5. The van der Waals surface area contributed by atoms with E-state index in [9.17, 15) is 4.79 Å². The van der Waals surface area contributed by atoms with Crippen molar-refractivity contribution in [2.75, 3.05) is 13.1 Å². The molecule has 5 heteroatoms. The maximum absolute atomic E-state index is 12.5. The fourth-order valence-corrected chi connectivity index (χ4v) is 3.63. The van der Waals surface area contributed by atoms with Crippen molar-refractivity contribution in [3.05, 3.63) is 35.9 Å². The van der Waals surface area contributed by atoms with Gasteiger partial charge in [0, 0.05) is 18.3 Å². The first-order chi connectivity index (χ1) is 9.61. The quantitative estimate of drug-likeness (QED) is 0.904. The highest BCUT2D eigenvalue weighted by atomic mass is 35.5. The number of nitrogens with two attached hydrogens (primary N) is 1. The van der Waals surface area contributed by atoms with Gasteiger partial charge in [0.1, 0.15) is 0 Å². The fourth-order valence-electron chi connectivity index (χ4n) is 2.72. The molecule has 1 aromatic carbocycles. The normalized spacial score (nSPS) is 22.7. The third-order valence-electron chi connectivity index (χ3n) is 3.97. The van der Waals surface area contributed by atoms with Crippen LogP contribution in [-0.2, 0) is 10.5 Å². The van der Waals surface area contributed by atoms with Crippen LogP contribution in [0.5, 0.6) is 0 Å². The molecule has 1 heterocycles. The summed E-state index contributed by atoms with van der Waals surface area (Å²) in [6.07, 6.45) is 1.04. The molecule has 21 heavy (non-hydrogen) atoms. The van der Waals surface area contributed by atoms with E-state index in [2.05, 4.69) is 19.1 Å². The molecule has 1 amide bonds. The molecule has 1 aromatic rings. The van der Waals surface area contributed by atoms with Crippen LogP contribution in [0.4, 0.5) is 0 Å². The monoisotopic (exact) mass is 328 g/mol. The summed E-state index contributed by atoms with van der Waals surface area (Å²) < 4.78 is 0. The zero-order chi connectivity index (χ0) is 14.5. The van der Waals surface area contributed by atoms with E-state index in [-0.39, 0.29) is 23.6 Å². The van der Waals surface area contributed by atoms with Crippen LogP contribution < -0.4 is 5.73 Å². The van der Waals surface area contributed by atoms with E-state index in [1.54, 1.807) is 11.8 Å². The van der Waals surface area contributed by atoms with Crippen LogP contribution in [0, 0.1) is 5.92 Å². The number of carbonyl (C=O) groups excluding carboxylic acids is 1. The molecule has 0 aliphatic carbocycles. The van der Waals surface area contributed by atoms with E-state index in [4.69, 9.17) is 5.73 Å². The van der Waals surface area contributed by atoms with E-state index in [1.807, 2.05) is 30.0 Å². The Morgan fingerprint density at radius 3 is 2.67 bits per heavy atom. The Hall–Kier alpha value is -0.710. The average Bonchev–Trinajstić information content (AvgIpc) is 2.86. The van der Waals surface area contributed by atoms with Gasteiger partial charge in [-0.05, 0) is 38.3 Å². The SMILES string of the molecule is CC(SCc1ccccc1)C(=O)N1CC(CN)CC1C.Cl. The number of thioether (sulfide) groups is 1. The summed E-state index contributed by atoms with van der Waals surface area (Å²) in [7, 11) is 0. The first-order valence-electron chi connectivity index (χ1n) is 7.28. The van der Waals surface area contributed by atoms with Gasteiger partial charge in [0.2, 0.25) is 5.91 Å². The smallest absolute Gasteiger partial charge is 0.235 e. The summed E-state index contributed by atoms with van der Waals surface area (Å²) in [6.45, 7) is 5.65. The Kier molecular flexibility index (Phi) is 7.57. The lowest BCUT2D eigenvalue weighted by Crippen LogP contribution is -2.39. The predicted molar refractivity (Wildman–Crippen MR) is 92.8 cm³/mol. The van der Waals surface area contributed by atoms with E-state index >= 15 is 0 Å². The van der Waals surface area contributed by atoms with Crippen LogP contribution >= 0.6 is 24.2 Å². The summed E-state index contributed by atoms with van der Waals surface area (Å²) in [5.41, 5.74) is 7.00. The first-order valence-corrected chi connectivity index (χ1v) is 8.32. The van der Waals surface area contributed by atoms with Gasteiger partial charge in [0.15, 0.2) is 0 Å². The molecule has 0 aromatic heterocycles. The van der Waals surface area contributed by atoms with Gasteiger partial charge in [0.25, 0.3) is 0 Å². The van der Waals surface area contributed by atoms with Gasteiger partial charge in [0.05, 0.1) is 5.25 Å². The van der Waals surface area contributed by atoms with E-state index < -0.39 is 0 Å². The molecule has 0 saturated carbocycles. The van der Waals surface area contributed by atoms with Gasteiger partial charge >= 0.3 is 0 Å². The highest BCUT2D eigenvalue weighted by molar-refractivity contribution is 7.99. The lowest BCUT2D eigenvalue weighted by molar-refractivity contribution is -0.130. The molecule has 1 aliphatic rings. The zero-order valence-electron chi connectivity index (χ0n) is 12.7. The summed E-state index contributed by atoms with van der Waals surface area (Å²) in [4.78, 5) is 14.5. The molecule has 118 valence electrons. The summed E-state index contributed by atoms with van der Waals surface area (Å²) in [5, 5.41) is 0.00850. The third-order valence-corrected chi connectivity index (χ3v) is 5.17.